The van der Waals surface area contributed by atoms with Gasteiger partial charge in [-0.2, -0.15) is 5.26 Å². The highest BCUT2D eigenvalue weighted by Crippen LogP contribution is 2.36. The molecule has 1 amide bonds. The number of nitrogens with one attached hydrogen (secondary N) is 1. The van der Waals surface area contributed by atoms with Gasteiger partial charge < -0.3 is 14.8 Å². The molecular weight excluding hydrogens is 382 g/mol. The molecule has 0 saturated carbocycles. The molecule has 0 heterocycles. The first kappa shape index (κ1) is 19.6. The van der Waals surface area contributed by atoms with Gasteiger partial charge in [0, 0.05) is 5.69 Å². The molecule has 0 unspecified atom stereocenters. The predicted octanol–water partition coefficient (Wildman–Crippen LogP) is 4.70. The highest BCUT2D eigenvalue weighted by molar-refractivity contribution is 6.32. The topological polar surface area (TPSA) is 71.3 Å². The first-order valence-corrected chi connectivity index (χ1v) is 7.95. The van der Waals surface area contributed by atoms with E-state index < -0.39 is 11.7 Å². The number of carbonyl (C=O) groups excluding carboxylic acids is 1. The van der Waals surface area contributed by atoms with Crippen molar-refractivity contribution in [1.82, 2.24) is 0 Å². The Morgan fingerprint density at radius 3 is 2.50 bits per heavy atom. The van der Waals surface area contributed by atoms with Crippen molar-refractivity contribution in [3.63, 3.8) is 0 Å². The largest absolute Gasteiger partial charge is 0.493 e. The number of nitriles is 1. The van der Waals surface area contributed by atoms with Crippen molar-refractivity contribution in [2.45, 2.75) is 0 Å². The third-order valence-corrected chi connectivity index (χ3v) is 3.88. The number of rotatable bonds is 5. The van der Waals surface area contributed by atoms with Crippen molar-refractivity contribution in [1.29, 1.82) is 5.26 Å². The first-order valence-electron chi connectivity index (χ1n) is 7.19. The van der Waals surface area contributed by atoms with Crippen LogP contribution in [0, 0.1) is 17.1 Å². The lowest BCUT2D eigenvalue weighted by molar-refractivity contribution is -0.112. The summed E-state index contributed by atoms with van der Waals surface area (Å²) in [5, 5.41) is 11.9. The van der Waals surface area contributed by atoms with Crippen LogP contribution in [-0.2, 0) is 4.79 Å². The maximum Gasteiger partial charge on any atom is 0.266 e. The normalized spacial score (nSPS) is 10.8. The fourth-order valence-electron chi connectivity index (χ4n) is 2.11. The van der Waals surface area contributed by atoms with Gasteiger partial charge in [0.05, 0.1) is 24.3 Å². The van der Waals surface area contributed by atoms with E-state index in [0.717, 1.165) is 6.07 Å². The quantitative estimate of drug-likeness (QED) is 0.589. The molecule has 0 saturated heterocycles. The van der Waals surface area contributed by atoms with Crippen LogP contribution < -0.4 is 14.8 Å². The maximum absolute atomic E-state index is 13.2. The Bertz CT molecular complexity index is 923. The van der Waals surface area contributed by atoms with Crippen molar-refractivity contribution < 1.29 is 18.7 Å². The number of amides is 1. The minimum atomic E-state index is -0.680. The summed E-state index contributed by atoms with van der Waals surface area (Å²) in [6, 6.07) is 8.61. The van der Waals surface area contributed by atoms with Crippen molar-refractivity contribution in [3.8, 4) is 17.6 Å². The van der Waals surface area contributed by atoms with Crippen LogP contribution in [0.3, 0.4) is 0 Å². The summed E-state index contributed by atoms with van der Waals surface area (Å²) in [6.45, 7) is 0. The van der Waals surface area contributed by atoms with Crippen LogP contribution in [0.25, 0.3) is 6.08 Å². The monoisotopic (exact) mass is 394 g/mol. The summed E-state index contributed by atoms with van der Waals surface area (Å²) < 4.78 is 23.5. The van der Waals surface area contributed by atoms with Crippen LogP contribution in [0.4, 0.5) is 10.1 Å². The zero-order chi connectivity index (χ0) is 19.3. The van der Waals surface area contributed by atoms with E-state index in [1.807, 2.05) is 6.07 Å². The van der Waals surface area contributed by atoms with E-state index in [0.29, 0.717) is 17.1 Å². The average molecular weight is 395 g/mol. The lowest BCUT2D eigenvalue weighted by atomic mass is 10.1. The van der Waals surface area contributed by atoms with Crippen molar-refractivity contribution >= 4 is 40.9 Å². The lowest BCUT2D eigenvalue weighted by Crippen LogP contribution is -2.13. The zero-order valence-electron chi connectivity index (χ0n) is 13.8. The average Bonchev–Trinajstić information content (AvgIpc) is 2.62. The van der Waals surface area contributed by atoms with Gasteiger partial charge in [-0.1, -0.05) is 23.2 Å². The molecule has 0 fully saturated rings. The zero-order valence-corrected chi connectivity index (χ0v) is 15.3. The lowest BCUT2D eigenvalue weighted by Gasteiger charge is -2.10. The van der Waals surface area contributed by atoms with E-state index in [1.54, 1.807) is 6.07 Å². The summed E-state index contributed by atoms with van der Waals surface area (Å²) in [5.74, 6) is -0.591. The summed E-state index contributed by atoms with van der Waals surface area (Å²) >= 11 is 11.8. The molecule has 0 radical (unpaired) electrons. The highest BCUT2D eigenvalue weighted by Gasteiger charge is 2.14. The molecule has 1 N–H and O–H groups in total. The molecule has 2 aromatic rings. The fourth-order valence-corrected chi connectivity index (χ4v) is 2.59. The summed E-state index contributed by atoms with van der Waals surface area (Å²) in [6.07, 6.45) is 1.34. The molecule has 134 valence electrons. The van der Waals surface area contributed by atoms with Gasteiger partial charge in [-0.25, -0.2) is 4.39 Å². The molecule has 0 bridgehead atoms. The number of hydrogen-bond donors (Lipinski definition) is 1. The van der Waals surface area contributed by atoms with E-state index in [4.69, 9.17) is 32.7 Å². The van der Waals surface area contributed by atoms with E-state index in [2.05, 4.69) is 5.32 Å². The van der Waals surface area contributed by atoms with E-state index in [9.17, 15) is 14.4 Å². The Labute approximate surface area is 159 Å². The number of nitrogens with zero attached hydrogens (tertiary/aromatic N) is 1. The Morgan fingerprint density at radius 1 is 1.19 bits per heavy atom. The van der Waals surface area contributed by atoms with Crippen molar-refractivity contribution in [3.05, 3.63) is 57.3 Å². The number of benzene rings is 2. The van der Waals surface area contributed by atoms with Crippen LogP contribution in [0.5, 0.6) is 11.5 Å². The second kappa shape index (κ2) is 8.56. The fraction of sp³-hybridized carbons (Fsp3) is 0.111. The number of methoxy groups -OCH3 is 2. The molecule has 0 atom stereocenters. The Kier molecular flexibility index (Phi) is 6.45. The smallest absolute Gasteiger partial charge is 0.266 e. The third kappa shape index (κ3) is 4.45. The third-order valence-electron chi connectivity index (χ3n) is 3.31. The summed E-state index contributed by atoms with van der Waals surface area (Å²) in [7, 11) is 2.89. The molecule has 0 aliphatic carbocycles. The Hall–Kier alpha value is -2.75. The standard InChI is InChI=1S/C18H13Cl2FN2O3/c1-25-16-7-10(6-14(20)17(16)26-2)5-11(9-22)18(24)23-12-3-4-15(21)13(19)8-12/h3-8H,1-2H3,(H,23,24). The van der Waals surface area contributed by atoms with Gasteiger partial charge in [0.15, 0.2) is 11.5 Å². The number of hydrogen-bond acceptors (Lipinski definition) is 4. The first-order chi connectivity index (χ1) is 12.4. The number of anilines is 1. The van der Waals surface area contributed by atoms with Gasteiger partial charge >= 0.3 is 0 Å². The second-order valence-electron chi connectivity index (χ2n) is 4.99. The van der Waals surface area contributed by atoms with Crippen molar-refractivity contribution in [2.24, 2.45) is 0 Å². The van der Waals surface area contributed by atoms with Crippen LogP contribution in [0.2, 0.25) is 10.0 Å². The second-order valence-corrected chi connectivity index (χ2v) is 5.81. The number of ether oxygens (including phenoxy) is 2. The molecule has 26 heavy (non-hydrogen) atoms. The molecule has 0 aliphatic rings. The van der Waals surface area contributed by atoms with Gasteiger partial charge in [0.25, 0.3) is 5.91 Å². The van der Waals surface area contributed by atoms with Crippen molar-refractivity contribution in [2.75, 3.05) is 19.5 Å². The molecule has 2 rings (SSSR count). The molecular formula is C18H13Cl2FN2O3. The van der Waals surface area contributed by atoms with E-state index in [1.165, 1.54) is 38.5 Å². The molecule has 0 aromatic heterocycles. The number of halogens is 3. The SMILES string of the molecule is COc1cc(C=C(C#N)C(=O)Nc2ccc(F)c(Cl)c2)cc(Cl)c1OC. The molecule has 0 aliphatic heterocycles. The van der Waals surface area contributed by atoms with Gasteiger partial charge in [0.1, 0.15) is 17.5 Å². The minimum absolute atomic E-state index is 0.142. The van der Waals surface area contributed by atoms with E-state index in [-0.39, 0.29) is 21.3 Å². The maximum atomic E-state index is 13.2. The number of carbonyl (C=O) groups is 1. The highest BCUT2D eigenvalue weighted by atomic mass is 35.5. The van der Waals surface area contributed by atoms with Crippen LogP contribution >= 0.6 is 23.2 Å². The van der Waals surface area contributed by atoms with E-state index >= 15 is 0 Å². The summed E-state index contributed by atoms with van der Waals surface area (Å²) in [5.41, 5.74) is 0.540. The molecule has 8 heteroatoms. The van der Waals surface area contributed by atoms with Gasteiger partial charge in [-0.3, -0.25) is 4.79 Å². The van der Waals surface area contributed by atoms with Crippen LogP contribution in [-0.4, -0.2) is 20.1 Å². The Balaban J connectivity index is 2.32. The molecule has 5 nitrogen and oxygen atoms in total. The van der Waals surface area contributed by atoms with Gasteiger partial charge in [0.2, 0.25) is 0 Å². The minimum Gasteiger partial charge on any atom is -0.493 e. The summed E-state index contributed by atoms with van der Waals surface area (Å²) in [4.78, 5) is 12.3. The predicted molar refractivity (Wildman–Crippen MR) is 98.2 cm³/mol. The molecule has 2 aromatic carbocycles. The van der Waals surface area contributed by atoms with Crippen LogP contribution in [0.1, 0.15) is 5.56 Å². The van der Waals surface area contributed by atoms with Crippen LogP contribution in [0.15, 0.2) is 35.9 Å². The molecule has 0 spiro atoms. The van der Waals surface area contributed by atoms with Gasteiger partial charge in [-0.15, -0.1) is 0 Å². The van der Waals surface area contributed by atoms with Gasteiger partial charge in [-0.05, 0) is 42.0 Å². The Morgan fingerprint density at radius 2 is 1.92 bits per heavy atom.